The van der Waals surface area contributed by atoms with Crippen molar-refractivity contribution in [2.75, 3.05) is 0 Å². The van der Waals surface area contributed by atoms with Crippen molar-refractivity contribution in [2.45, 2.75) is 29.2 Å². The van der Waals surface area contributed by atoms with Crippen LogP contribution in [0, 0.1) is 21.8 Å². The molecular weight excluding hydrogens is 401 g/mol. The third-order valence-electron chi connectivity index (χ3n) is 5.06. The molecular formula is C20H18FNO6S. The van der Waals surface area contributed by atoms with E-state index in [9.17, 15) is 27.7 Å². The van der Waals surface area contributed by atoms with Gasteiger partial charge >= 0.3 is 4.87 Å². The highest BCUT2D eigenvalue weighted by Crippen LogP contribution is 2.40. The Bertz CT molecular complexity index is 1070. The Kier molecular flexibility index (Phi) is 5.52. The van der Waals surface area contributed by atoms with E-state index in [0.717, 1.165) is 13.0 Å². The first kappa shape index (κ1) is 20.7. The quantitative estimate of drug-likeness (QED) is 0.295. The van der Waals surface area contributed by atoms with Gasteiger partial charge in [0.1, 0.15) is 12.4 Å². The Hall–Kier alpha value is -3.07. The van der Waals surface area contributed by atoms with Crippen LogP contribution in [0.5, 0.6) is 5.75 Å². The average molecular weight is 419 g/mol. The first-order valence-electron chi connectivity index (χ1n) is 8.74. The van der Waals surface area contributed by atoms with Crippen molar-refractivity contribution in [3.63, 3.8) is 0 Å². The number of ether oxygens (including phenoxy) is 1. The molecule has 3 atom stereocenters. The maximum atomic E-state index is 14.0. The number of nitrogens with zero attached hydrogens (tertiary/aromatic N) is 1. The summed E-state index contributed by atoms with van der Waals surface area (Å²) in [5.41, 5.74) is 0.143. The van der Waals surface area contributed by atoms with Crippen molar-refractivity contribution < 1.29 is 27.3 Å². The van der Waals surface area contributed by atoms with Gasteiger partial charge in [-0.25, -0.2) is 12.8 Å². The van der Waals surface area contributed by atoms with Crippen LogP contribution in [0.1, 0.15) is 23.7 Å². The van der Waals surface area contributed by atoms with Crippen molar-refractivity contribution in [1.82, 2.24) is 0 Å². The van der Waals surface area contributed by atoms with Crippen LogP contribution >= 0.6 is 0 Å². The highest BCUT2D eigenvalue weighted by molar-refractivity contribution is 7.92. The van der Waals surface area contributed by atoms with E-state index in [0.29, 0.717) is 6.29 Å². The summed E-state index contributed by atoms with van der Waals surface area (Å²) < 4.78 is 45.7. The maximum Gasteiger partial charge on any atom is 0.326 e. The lowest BCUT2D eigenvalue weighted by atomic mass is 10.00. The summed E-state index contributed by atoms with van der Waals surface area (Å²) in [5, 5.41) is 11.9. The Labute approximate surface area is 166 Å². The summed E-state index contributed by atoms with van der Waals surface area (Å²) in [6, 6.07) is 10.9. The topological polar surface area (TPSA) is 104 Å². The number of carbonyl (C=O) groups excluding carboxylic acids is 1. The third-order valence-corrected chi connectivity index (χ3v) is 7.50. The van der Waals surface area contributed by atoms with Gasteiger partial charge in [0.15, 0.2) is 11.6 Å². The van der Waals surface area contributed by atoms with Gasteiger partial charge in [0, 0.05) is 23.8 Å². The lowest BCUT2D eigenvalue weighted by Gasteiger charge is -2.26. The van der Waals surface area contributed by atoms with Crippen molar-refractivity contribution in [3.8, 4) is 5.75 Å². The van der Waals surface area contributed by atoms with Crippen LogP contribution in [0.3, 0.4) is 0 Å². The molecule has 3 rings (SSSR count). The van der Waals surface area contributed by atoms with Gasteiger partial charge in [0.25, 0.3) is 0 Å². The Balaban J connectivity index is 1.86. The van der Waals surface area contributed by atoms with Gasteiger partial charge in [-0.1, -0.05) is 24.3 Å². The molecule has 1 unspecified atom stereocenters. The average Bonchev–Trinajstić information content (AvgIpc) is 3.18. The molecule has 2 aromatic rings. The fourth-order valence-electron chi connectivity index (χ4n) is 3.27. The van der Waals surface area contributed by atoms with Gasteiger partial charge in [-0.05, 0) is 36.4 Å². The number of hydrogen-bond acceptors (Lipinski definition) is 6. The van der Waals surface area contributed by atoms with E-state index in [1.165, 1.54) is 48.6 Å². The molecule has 0 aliphatic heterocycles. The number of aldehydes is 1. The number of nitro groups is 1. The molecule has 152 valence electrons. The lowest BCUT2D eigenvalue weighted by Crippen LogP contribution is -2.49. The molecule has 9 heteroatoms. The van der Waals surface area contributed by atoms with Crippen LogP contribution < -0.4 is 4.74 Å². The molecule has 0 saturated carbocycles. The van der Waals surface area contributed by atoms with E-state index in [2.05, 4.69) is 0 Å². The van der Waals surface area contributed by atoms with Gasteiger partial charge < -0.3 is 4.74 Å². The molecule has 29 heavy (non-hydrogen) atoms. The monoisotopic (exact) mass is 419 g/mol. The molecule has 0 N–H and O–H groups in total. The molecule has 1 aliphatic rings. The summed E-state index contributed by atoms with van der Waals surface area (Å²) in [5.74, 6) is -1.86. The zero-order valence-corrected chi connectivity index (χ0v) is 16.2. The SMILES string of the molecule is CC([C@@H]1C=C[C@H](Oc2ccc(C=O)cc2F)C1)([N+](=O)[O-])S(=O)(=O)c1ccccc1. The number of sulfone groups is 1. The van der Waals surface area contributed by atoms with Crippen molar-refractivity contribution >= 4 is 16.1 Å². The zero-order chi connectivity index (χ0) is 21.2. The van der Waals surface area contributed by atoms with Crippen LogP contribution in [-0.4, -0.2) is 30.6 Å². The number of benzene rings is 2. The van der Waals surface area contributed by atoms with Gasteiger partial charge in [-0.15, -0.1) is 0 Å². The van der Waals surface area contributed by atoms with E-state index in [4.69, 9.17) is 4.74 Å². The van der Waals surface area contributed by atoms with E-state index in [-0.39, 0.29) is 22.6 Å². The minimum atomic E-state index is -4.32. The Morgan fingerprint density at radius 1 is 1.21 bits per heavy atom. The smallest absolute Gasteiger partial charge is 0.326 e. The minimum Gasteiger partial charge on any atom is -0.483 e. The molecule has 0 heterocycles. The summed E-state index contributed by atoms with van der Waals surface area (Å²) in [6.45, 7) is 1.08. The number of hydrogen-bond donors (Lipinski definition) is 0. The molecule has 7 nitrogen and oxygen atoms in total. The molecule has 0 saturated heterocycles. The van der Waals surface area contributed by atoms with Crippen LogP contribution in [0.2, 0.25) is 0 Å². The molecule has 0 bridgehead atoms. The molecule has 2 aromatic carbocycles. The second kappa shape index (κ2) is 7.75. The molecule has 0 aromatic heterocycles. The lowest BCUT2D eigenvalue weighted by molar-refractivity contribution is -0.543. The van der Waals surface area contributed by atoms with E-state index in [1.54, 1.807) is 6.07 Å². The minimum absolute atomic E-state index is 0.0155. The largest absolute Gasteiger partial charge is 0.483 e. The summed E-state index contributed by atoms with van der Waals surface area (Å²) in [6.07, 6.45) is 2.64. The maximum absolute atomic E-state index is 14.0. The Morgan fingerprint density at radius 2 is 1.90 bits per heavy atom. The first-order chi connectivity index (χ1) is 13.7. The van der Waals surface area contributed by atoms with Crippen LogP contribution in [0.25, 0.3) is 0 Å². The number of halogens is 1. The van der Waals surface area contributed by atoms with Gasteiger partial charge in [-0.2, -0.15) is 0 Å². The molecule has 0 radical (unpaired) electrons. The number of rotatable bonds is 7. The normalized spacial score (nSPS) is 20.8. The van der Waals surface area contributed by atoms with E-state index >= 15 is 0 Å². The van der Waals surface area contributed by atoms with Crippen LogP contribution in [0.4, 0.5) is 4.39 Å². The van der Waals surface area contributed by atoms with Gasteiger partial charge in [-0.3, -0.25) is 14.9 Å². The Morgan fingerprint density at radius 3 is 2.48 bits per heavy atom. The standard InChI is InChI=1S/C20H18FNO6S/c1-20(22(24)25,29(26,27)17-5-3-2-4-6-17)15-8-9-16(12-15)28-19-10-7-14(13-23)11-18(19)21/h2-11,13,15-16H,12H2,1H3/t15-,16+,20?/m1/s1. The van der Waals surface area contributed by atoms with Gasteiger partial charge in [0.05, 0.1) is 10.8 Å². The fourth-order valence-corrected chi connectivity index (χ4v) is 5.03. The zero-order valence-electron chi connectivity index (χ0n) is 15.4. The first-order valence-corrected chi connectivity index (χ1v) is 10.2. The van der Waals surface area contributed by atoms with E-state index in [1.807, 2.05) is 0 Å². The predicted molar refractivity (Wildman–Crippen MR) is 102 cm³/mol. The van der Waals surface area contributed by atoms with Crippen molar-refractivity contribution in [2.24, 2.45) is 5.92 Å². The van der Waals surface area contributed by atoms with Crippen molar-refractivity contribution in [1.29, 1.82) is 0 Å². The number of carbonyl (C=O) groups is 1. The molecule has 1 aliphatic carbocycles. The molecule has 0 spiro atoms. The van der Waals surface area contributed by atoms with Crippen LogP contribution in [0.15, 0.2) is 65.6 Å². The summed E-state index contributed by atoms with van der Waals surface area (Å²) in [4.78, 5) is 19.3. The molecule has 0 amide bonds. The predicted octanol–water partition coefficient (Wildman–Crippen LogP) is 3.43. The summed E-state index contributed by atoms with van der Waals surface area (Å²) in [7, 11) is -4.32. The fraction of sp³-hybridized carbons (Fsp3) is 0.250. The highest BCUT2D eigenvalue weighted by Gasteiger charge is 2.58. The third kappa shape index (κ3) is 3.65. The van der Waals surface area contributed by atoms with Gasteiger partial charge in [0.2, 0.25) is 9.84 Å². The van der Waals surface area contributed by atoms with Crippen LogP contribution in [-0.2, 0) is 9.84 Å². The van der Waals surface area contributed by atoms with E-state index < -0.39 is 37.5 Å². The van der Waals surface area contributed by atoms with Crippen molar-refractivity contribution in [3.05, 3.63) is 82.2 Å². The highest BCUT2D eigenvalue weighted by atomic mass is 32.2. The second-order valence-electron chi connectivity index (χ2n) is 6.82. The molecule has 0 fully saturated rings. The second-order valence-corrected chi connectivity index (χ2v) is 9.12. The summed E-state index contributed by atoms with van der Waals surface area (Å²) >= 11 is 0.